The summed E-state index contributed by atoms with van der Waals surface area (Å²) in [6.45, 7) is -0.0918. The lowest BCUT2D eigenvalue weighted by molar-refractivity contribution is -0.137. The molecule has 176 valence electrons. The first-order valence-electron chi connectivity index (χ1n) is 9.41. The zero-order valence-electron chi connectivity index (χ0n) is 16.6. The normalized spacial score (nSPS) is 12.6. The van der Waals surface area contributed by atoms with Crippen LogP contribution in [0.5, 0.6) is 5.75 Å². The number of hydrogen-bond donors (Lipinski definition) is 2. The van der Waals surface area contributed by atoms with Gasteiger partial charge in [0.2, 0.25) is 5.89 Å². The van der Waals surface area contributed by atoms with Gasteiger partial charge in [-0.2, -0.15) is 13.2 Å². The quantitative estimate of drug-likeness (QED) is 0.298. The predicted molar refractivity (Wildman–Crippen MR) is 109 cm³/mol. The fourth-order valence-corrected chi connectivity index (χ4v) is 3.39. The first-order chi connectivity index (χ1) is 15.5. The Morgan fingerprint density at radius 3 is 2.45 bits per heavy atom. The lowest BCUT2D eigenvalue weighted by Gasteiger charge is -2.10. The number of benzene rings is 2. The molecule has 0 saturated carbocycles. The molecule has 33 heavy (non-hydrogen) atoms. The van der Waals surface area contributed by atoms with Gasteiger partial charge in [-0.3, -0.25) is 4.79 Å². The van der Waals surface area contributed by atoms with Gasteiger partial charge in [0, 0.05) is 5.56 Å². The van der Waals surface area contributed by atoms with Crippen molar-refractivity contribution >= 4 is 21.8 Å². The molecule has 12 heteroatoms. The van der Waals surface area contributed by atoms with E-state index in [1.807, 2.05) is 0 Å². The lowest BCUT2D eigenvalue weighted by atomic mass is 10.1. The summed E-state index contributed by atoms with van der Waals surface area (Å²) in [5, 5.41) is 10.3. The molecule has 0 spiro atoms. The van der Waals surface area contributed by atoms with Crippen LogP contribution in [-0.4, -0.2) is 22.6 Å². The number of aromatic nitrogens is 1. The van der Waals surface area contributed by atoms with Crippen molar-refractivity contribution in [1.29, 1.82) is 0 Å². The van der Waals surface area contributed by atoms with Crippen molar-refractivity contribution in [2.24, 2.45) is 5.73 Å². The van der Waals surface area contributed by atoms with E-state index in [-0.39, 0.29) is 41.5 Å². The van der Waals surface area contributed by atoms with E-state index in [2.05, 4.69) is 20.9 Å². The number of amides is 1. The Bertz CT molecular complexity index is 1150. The van der Waals surface area contributed by atoms with Crippen molar-refractivity contribution in [2.75, 3.05) is 6.61 Å². The zero-order valence-corrected chi connectivity index (χ0v) is 18.2. The number of primary amides is 1. The molecule has 0 aliphatic carbocycles. The van der Waals surface area contributed by atoms with Gasteiger partial charge >= 0.3 is 6.18 Å². The minimum absolute atomic E-state index is 0.0743. The number of aliphatic hydroxyl groups excluding tert-OH is 1. The van der Waals surface area contributed by atoms with E-state index in [4.69, 9.17) is 14.9 Å². The Balaban J connectivity index is 1.60. The summed E-state index contributed by atoms with van der Waals surface area (Å²) in [6, 6.07) is 6.12. The standard InChI is InChI=1S/C21H16BrF5N2O4/c22-18-17(10-3-5-11(6-4-10)21(25,26)27)29-20(33-18)13(30)2-1-9-32-14-8-7-12(23)15(16(14)24)19(28)31/h3-8,13,30H,1-2,9H2,(H2,28,31). The Kier molecular flexibility index (Phi) is 7.38. The highest BCUT2D eigenvalue weighted by atomic mass is 79.9. The maximum absolute atomic E-state index is 14.1. The van der Waals surface area contributed by atoms with Gasteiger partial charge in [-0.05, 0) is 53.0 Å². The summed E-state index contributed by atoms with van der Waals surface area (Å²) >= 11 is 3.13. The lowest BCUT2D eigenvalue weighted by Crippen LogP contribution is -2.16. The van der Waals surface area contributed by atoms with Crippen LogP contribution in [0.1, 0.15) is 40.8 Å². The number of carbonyl (C=O) groups is 1. The van der Waals surface area contributed by atoms with Gasteiger partial charge in [-0.15, -0.1) is 0 Å². The van der Waals surface area contributed by atoms with Crippen molar-refractivity contribution in [2.45, 2.75) is 25.1 Å². The van der Waals surface area contributed by atoms with Crippen LogP contribution >= 0.6 is 15.9 Å². The van der Waals surface area contributed by atoms with Gasteiger partial charge in [0.05, 0.1) is 12.2 Å². The van der Waals surface area contributed by atoms with E-state index in [0.717, 1.165) is 24.3 Å². The van der Waals surface area contributed by atoms with Gasteiger partial charge in [-0.1, -0.05) is 12.1 Å². The maximum atomic E-state index is 14.1. The number of oxazole rings is 1. The summed E-state index contributed by atoms with van der Waals surface area (Å²) in [6.07, 6.45) is -5.39. The van der Waals surface area contributed by atoms with Gasteiger partial charge in [-0.25, -0.2) is 13.8 Å². The number of nitrogens with two attached hydrogens (primary N) is 1. The minimum atomic E-state index is -4.47. The highest BCUT2D eigenvalue weighted by molar-refractivity contribution is 9.10. The summed E-state index contributed by atoms with van der Waals surface area (Å²) in [7, 11) is 0. The topological polar surface area (TPSA) is 98.6 Å². The molecule has 2 aromatic carbocycles. The summed E-state index contributed by atoms with van der Waals surface area (Å²) in [5.41, 5.74) is 3.78. The molecule has 0 aliphatic heterocycles. The third-order valence-electron chi connectivity index (χ3n) is 4.55. The second kappa shape index (κ2) is 9.87. The van der Waals surface area contributed by atoms with Crippen molar-refractivity contribution < 1.29 is 41.0 Å². The number of ether oxygens (including phenoxy) is 1. The molecule has 1 aromatic heterocycles. The molecule has 0 fully saturated rings. The van der Waals surface area contributed by atoms with Gasteiger partial charge in [0.15, 0.2) is 16.2 Å². The van der Waals surface area contributed by atoms with E-state index < -0.39 is 40.9 Å². The van der Waals surface area contributed by atoms with E-state index in [1.165, 1.54) is 12.1 Å². The minimum Gasteiger partial charge on any atom is -0.490 e. The molecular weight excluding hydrogens is 519 g/mol. The molecule has 0 saturated heterocycles. The second-order valence-corrected chi connectivity index (χ2v) is 7.58. The summed E-state index contributed by atoms with van der Waals surface area (Å²) < 4.78 is 76.4. The Labute approximate surface area is 192 Å². The van der Waals surface area contributed by atoms with Crippen LogP contribution in [0.15, 0.2) is 45.5 Å². The first-order valence-corrected chi connectivity index (χ1v) is 10.2. The highest BCUT2D eigenvalue weighted by Gasteiger charge is 2.30. The number of halogens is 6. The molecular formula is C21H16BrF5N2O4. The second-order valence-electron chi connectivity index (χ2n) is 6.85. The van der Waals surface area contributed by atoms with Gasteiger partial charge in [0.1, 0.15) is 23.2 Å². The molecule has 0 bridgehead atoms. The number of rotatable bonds is 8. The molecule has 3 aromatic rings. The molecule has 1 atom stereocenters. The SMILES string of the molecule is NC(=O)c1c(F)ccc(OCCCC(O)c2nc(-c3ccc(C(F)(F)F)cc3)c(Br)o2)c1F. The number of carbonyl (C=O) groups excluding carboxylic acids is 1. The first kappa shape index (κ1) is 24.6. The third-order valence-corrected chi connectivity index (χ3v) is 5.09. The highest BCUT2D eigenvalue weighted by Crippen LogP contribution is 2.34. The molecule has 1 unspecified atom stereocenters. The van der Waals surface area contributed by atoms with Crippen LogP contribution in [0.3, 0.4) is 0 Å². The Hall–Kier alpha value is -2.99. The molecule has 1 heterocycles. The average molecular weight is 535 g/mol. The largest absolute Gasteiger partial charge is 0.490 e. The smallest absolute Gasteiger partial charge is 0.416 e. The van der Waals surface area contributed by atoms with Crippen LogP contribution < -0.4 is 10.5 Å². The predicted octanol–water partition coefficient (Wildman–Crippen LogP) is 5.39. The van der Waals surface area contributed by atoms with Gasteiger partial charge in [0.25, 0.3) is 5.91 Å². The monoisotopic (exact) mass is 534 g/mol. The van der Waals surface area contributed by atoms with Gasteiger partial charge < -0.3 is 20.0 Å². The third kappa shape index (κ3) is 5.69. The van der Waals surface area contributed by atoms with Crippen LogP contribution in [0.4, 0.5) is 22.0 Å². The van der Waals surface area contributed by atoms with Crippen LogP contribution in [-0.2, 0) is 6.18 Å². The zero-order chi connectivity index (χ0) is 24.3. The number of hydrogen-bond acceptors (Lipinski definition) is 5. The maximum Gasteiger partial charge on any atom is 0.416 e. The molecule has 3 rings (SSSR count). The van der Waals surface area contributed by atoms with Crippen molar-refractivity contribution in [3.05, 3.63) is 69.7 Å². The van der Waals surface area contributed by atoms with E-state index in [0.29, 0.717) is 5.56 Å². The van der Waals surface area contributed by atoms with Crippen molar-refractivity contribution in [3.63, 3.8) is 0 Å². The summed E-state index contributed by atoms with van der Waals surface area (Å²) in [4.78, 5) is 15.3. The molecule has 3 N–H and O–H groups in total. The van der Waals surface area contributed by atoms with Crippen LogP contribution in [0.2, 0.25) is 0 Å². The van der Waals surface area contributed by atoms with Crippen LogP contribution in [0.25, 0.3) is 11.3 Å². The van der Waals surface area contributed by atoms with Crippen LogP contribution in [0, 0.1) is 11.6 Å². The fourth-order valence-electron chi connectivity index (χ4n) is 2.91. The fraction of sp³-hybridized carbons (Fsp3) is 0.238. The average Bonchev–Trinajstić information content (AvgIpc) is 3.13. The number of nitrogens with zero attached hydrogens (tertiary/aromatic N) is 1. The number of alkyl halides is 3. The van der Waals surface area contributed by atoms with E-state index in [9.17, 15) is 31.9 Å². The van der Waals surface area contributed by atoms with Crippen molar-refractivity contribution in [1.82, 2.24) is 4.98 Å². The molecule has 0 aliphatic rings. The molecule has 0 radical (unpaired) electrons. The number of aliphatic hydroxyl groups is 1. The Morgan fingerprint density at radius 2 is 1.85 bits per heavy atom. The Morgan fingerprint density at radius 1 is 1.18 bits per heavy atom. The van der Waals surface area contributed by atoms with E-state index in [1.54, 1.807) is 0 Å². The molecule has 1 amide bonds. The van der Waals surface area contributed by atoms with E-state index >= 15 is 0 Å². The van der Waals surface area contributed by atoms with Crippen molar-refractivity contribution in [3.8, 4) is 17.0 Å². The molecule has 6 nitrogen and oxygen atoms in total. The summed E-state index contributed by atoms with van der Waals surface area (Å²) in [5.74, 6) is -4.06.